The Morgan fingerprint density at radius 3 is 2.73 bits per heavy atom. The lowest BCUT2D eigenvalue weighted by atomic mass is 9.94. The molecule has 110 valence electrons. The van der Waals surface area contributed by atoms with E-state index in [2.05, 4.69) is 17.1 Å². The van der Waals surface area contributed by atoms with Crippen molar-refractivity contribution in [2.24, 2.45) is 0 Å². The topological polar surface area (TPSA) is 50.2 Å². The molecule has 0 spiro atoms. The van der Waals surface area contributed by atoms with Crippen LogP contribution >= 0.6 is 0 Å². The lowest BCUT2D eigenvalue weighted by molar-refractivity contribution is -0.137. The Morgan fingerprint density at radius 2 is 1.91 bits per heavy atom. The van der Waals surface area contributed by atoms with Gasteiger partial charge in [0.1, 0.15) is 0 Å². The van der Waals surface area contributed by atoms with Crippen molar-refractivity contribution in [3.05, 3.63) is 66.4 Å². The first-order valence-electron chi connectivity index (χ1n) is 7.30. The van der Waals surface area contributed by atoms with E-state index in [1.54, 1.807) is 0 Å². The number of para-hydroxylation sites is 1. The van der Waals surface area contributed by atoms with E-state index >= 15 is 0 Å². The molecule has 0 saturated carbocycles. The van der Waals surface area contributed by atoms with Gasteiger partial charge in [0.2, 0.25) is 0 Å². The number of aromatic nitrogens is 1. The monoisotopic (exact) mass is 291 g/mol. The maximum Gasteiger partial charge on any atom is 0.303 e. The predicted molar refractivity (Wildman–Crippen MR) is 87.8 cm³/mol. The van der Waals surface area contributed by atoms with Gasteiger partial charge in [-0.2, -0.15) is 0 Å². The molecule has 1 heterocycles. The third-order valence-corrected chi connectivity index (χ3v) is 3.86. The summed E-state index contributed by atoms with van der Waals surface area (Å²) in [5.74, 6) is -0.781. The molecule has 3 rings (SSSR count). The molecular weight excluding hydrogens is 274 g/mol. The molecule has 0 amide bonds. The highest BCUT2D eigenvalue weighted by atomic mass is 16.4. The normalized spacial score (nSPS) is 12.2. The van der Waals surface area contributed by atoms with Crippen LogP contribution in [0.4, 0.5) is 0 Å². The van der Waals surface area contributed by atoms with Crippen LogP contribution in [0.1, 0.15) is 24.8 Å². The number of carboxylic acid groups (broad SMARTS) is 1. The standard InChI is InChI=1S/C19H17NO2/c1-13(9-19(21)22)14-6-4-7-15(10-14)17-11-16-5-2-3-8-18(16)20-12-17/h2-8,10-13H,9H2,1H3,(H,21,22). The molecule has 0 radical (unpaired) electrons. The maximum absolute atomic E-state index is 10.9. The van der Waals surface area contributed by atoms with Crippen LogP contribution < -0.4 is 0 Å². The van der Waals surface area contributed by atoms with Crippen LogP contribution in [0.15, 0.2) is 60.8 Å². The van der Waals surface area contributed by atoms with E-state index in [9.17, 15) is 4.79 Å². The smallest absolute Gasteiger partial charge is 0.303 e. The average Bonchev–Trinajstić information content (AvgIpc) is 2.54. The van der Waals surface area contributed by atoms with E-state index in [4.69, 9.17) is 5.11 Å². The minimum absolute atomic E-state index is 0.00846. The molecule has 1 aromatic heterocycles. The third kappa shape index (κ3) is 2.98. The summed E-state index contributed by atoms with van der Waals surface area (Å²) >= 11 is 0. The average molecular weight is 291 g/mol. The van der Waals surface area contributed by atoms with E-state index < -0.39 is 5.97 Å². The zero-order valence-electron chi connectivity index (χ0n) is 12.4. The second-order valence-electron chi connectivity index (χ2n) is 5.54. The first-order valence-corrected chi connectivity index (χ1v) is 7.30. The number of carboxylic acids is 1. The molecule has 1 atom stereocenters. The Balaban J connectivity index is 1.98. The van der Waals surface area contributed by atoms with Crippen molar-refractivity contribution in [2.45, 2.75) is 19.3 Å². The van der Waals surface area contributed by atoms with Gasteiger partial charge in [0.05, 0.1) is 11.9 Å². The quantitative estimate of drug-likeness (QED) is 0.771. The largest absolute Gasteiger partial charge is 0.481 e. The van der Waals surface area contributed by atoms with Crippen molar-refractivity contribution in [1.82, 2.24) is 4.98 Å². The van der Waals surface area contributed by atoms with Gasteiger partial charge in [-0.05, 0) is 29.2 Å². The Kier molecular flexibility index (Phi) is 3.88. The second-order valence-corrected chi connectivity index (χ2v) is 5.54. The fraction of sp³-hybridized carbons (Fsp3) is 0.158. The lowest BCUT2D eigenvalue weighted by Gasteiger charge is -2.11. The summed E-state index contributed by atoms with van der Waals surface area (Å²) in [5.41, 5.74) is 4.12. The molecule has 0 saturated heterocycles. The summed E-state index contributed by atoms with van der Waals surface area (Å²) in [4.78, 5) is 15.4. The molecular formula is C19H17NO2. The molecule has 0 bridgehead atoms. The molecule has 0 aliphatic rings. The number of hydrogen-bond acceptors (Lipinski definition) is 2. The maximum atomic E-state index is 10.9. The molecule has 0 fully saturated rings. The molecule has 22 heavy (non-hydrogen) atoms. The van der Waals surface area contributed by atoms with Crippen LogP contribution in [0.2, 0.25) is 0 Å². The van der Waals surface area contributed by atoms with Crippen molar-refractivity contribution in [3.63, 3.8) is 0 Å². The summed E-state index contributed by atoms with van der Waals surface area (Å²) < 4.78 is 0. The summed E-state index contributed by atoms with van der Waals surface area (Å²) in [6.07, 6.45) is 2.00. The molecule has 0 aliphatic carbocycles. The molecule has 1 N–H and O–H groups in total. The number of pyridine rings is 1. The van der Waals surface area contributed by atoms with Crippen LogP contribution in [0, 0.1) is 0 Å². The number of hydrogen-bond donors (Lipinski definition) is 1. The van der Waals surface area contributed by atoms with Gasteiger partial charge in [-0.15, -0.1) is 0 Å². The first kappa shape index (κ1) is 14.3. The van der Waals surface area contributed by atoms with E-state index in [0.717, 1.165) is 27.6 Å². The van der Waals surface area contributed by atoms with Gasteiger partial charge in [-0.1, -0.05) is 49.4 Å². The highest BCUT2D eigenvalue weighted by Gasteiger charge is 2.11. The van der Waals surface area contributed by atoms with Gasteiger partial charge >= 0.3 is 5.97 Å². The zero-order chi connectivity index (χ0) is 15.5. The van der Waals surface area contributed by atoms with E-state index in [0.29, 0.717) is 0 Å². The minimum Gasteiger partial charge on any atom is -0.481 e. The number of nitrogens with zero attached hydrogens (tertiary/aromatic N) is 1. The van der Waals surface area contributed by atoms with Crippen LogP contribution in [0.5, 0.6) is 0 Å². The summed E-state index contributed by atoms with van der Waals surface area (Å²) in [6.45, 7) is 1.94. The number of rotatable bonds is 4. The molecule has 2 aromatic carbocycles. The Labute approximate surface area is 129 Å². The SMILES string of the molecule is CC(CC(=O)O)c1cccc(-c2cnc3ccccc3c2)c1. The lowest BCUT2D eigenvalue weighted by Crippen LogP contribution is -2.02. The number of carbonyl (C=O) groups is 1. The summed E-state index contributed by atoms with van der Waals surface area (Å²) in [6, 6.07) is 18.2. The zero-order valence-corrected chi connectivity index (χ0v) is 12.4. The van der Waals surface area contributed by atoms with Gasteiger partial charge in [0.25, 0.3) is 0 Å². The summed E-state index contributed by atoms with van der Waals surface area (Å²) in [7, 11) is 0. The van der Waals surface area contributed by atoms with Gasteiger partial charge in [0, 0.05) is 17.1 Å². The van der Waals surface area contributed by atoms with Gasteiger partial charge in [-0.3, -0.25) is 9.78 Å². The van der Waals surface area contributed by atoms with Crippen molar-refractivity contribution in [3.8, 4) is 11.1 Å². The third-order valence-electron chi connectivity index (χ3n) is 3.86. The summed E-state index contributed by atoms with van der Waals surface area (Å²) in [5, 5.41) is 10.0. The second kappa shape index (κ2) is 5.98. The first-order chi connectivity index (χ1) is 10.6. The van der Waals surface area contributed by atoms with Crippen LogP contribution in [0.25, 0.3) is 22.0 Å². The van der Waals surface area contributed by atoms with Crippen molar-refractivity contribution >= 4 is 16.9 Å². The van der Waals surface area contributed by atoms with E-state index in [1.165, 1.54) is 0 Å². The minimum atomic E-state index is -0.773. The number of fused-ring (bicyclic) bond motifs is 1. The molecule has 3 heteroatoms. The number of aliphatic carboxylic acids is 1. The van der Waals surface area contributed by atoms with Gasteiger partial charge < -0.3 is 5.11 Å². The molecule has 3 aromatic rings. The van der Waals surface area contributed by atoms with Crippen molar-refractivity contribution in [2.75, 3.05) is 0 Å². The molecule has 1 unspecified atom stereocenters. The number of benzene rings is 2. The van der Waals surface area contributed by atoms with Crippen LogP contribution in [-0.2, 0) is 4.79 Å². The van der Waals surface area contributed by atoms with Crippen LogP contribution in [0.3, 0.4) is 0 Å². The Bertz CT molecular complexity index is 826. The van der Waals surface area contributed by atoms with Gasteiger partial charge in [-0.25, -0.2) is 0 Å². The Hall–Kier alpha value is -2.68. The van der Waals surface area contributed by atoms with E-state index in [1.807, 2.05) is 55.6 Å². The van der Waals surface area contributed by atoms with Crippen molar-refractivity contribution < 1.29 is 9.90 Å². The highest BCUT2D eigenvalue weighted by molar-refractivity contribution is 5.83. The molecule has 0 aliphatic heterocycles. The van der Waals surface area contributed by atoms with Crippen molar-refractivity contribution in [1.29, 1.82) is 0 Å². The molecule has 3 nitrogen and oxygen atoms in total. The fourth-order valence-electron chi connectivity index (χ4n) is 2.63. The fourth-order valence-corrected chi connectivity index (χ4v) is 2.63. The van der Waals surface area contributed by atoms with Gasteiger partial charge in [0.15, 0.2) is 0 Å². The van der Waals surface area contributed by atoms with Crippen LogP contribution in [-0.4, -0.2) is 16.1 Å². The predicted octanol–water partition coefficient (Wildman–Crippen LogP) is 4.48. The highest BCUT2D eigenvalue weighted by Crippen LogP contribution is 2.27. The van der Waals surface area contributed by atoms with E-state index in [-0.39, 0.29) is 12.3 Å². The Morgan fingerprint density at radius 1 is 1.09 bits per heavy atom.